The van der Waals surface area contributed by atoms with E-state index in [4.69, 9.17) is 0 Å². The molecule has 2 heteroatoms. The normalized spacial score (nSPS) is 13.6. The number of hydrogen-bond acceptors (Lipinski definition) is 1. The Morgan fingerprint density at radius 1 is 1.24 bits per heavy atom. The van der Waals surface area contributed by atoms with Crippen molar-refractivity contribution in [2.45, 2.75) is 53.6 Å². The summed E-state index contributed by atoms with van der Waals surface area (Å²) in [7, 11) is 0. The van der Waals surface area contributed by atoms with E-state index in [1.165, 1.54) is 12.0 Å². The van der Waals surface area contributed by atoms with E-state index in [9.17, 15) is 0 Å². The molecule has 1 aromatic heterocycles. The van der Waals surface area contributed by atoms with E-state index in [1.807, 2.05) is 0 Å². The highest BCUT2D eigenvalue weighted by atomic mass is 15.0. The third kappa shape index (κ3) is 4.55. The SMILES string of the molecule is CCCNC(c1ccn(CC(C)C)c1)C(C)C. The highest BCUT2D eigenvalue weighted by Crippen LogP contribution is 2.22. The average Bonchev–Trinajstić information content (AvgIpc) is 2.65. The number of aromatic nitrogens is 1. The zero-order valence-corrected chi connectivity index (χ0v) is 12.0. The minimum absolute atomic E-state index is 0.489. The van der Waals surface area contributed by atoms with E-state index in [1.54, 1.807) is 0 Å². The van der Waals surface area contributed by atoms with Gasteiger partial charge in [-0.2, -0.15) is 0 Å². The van der Waals surface area contributed by atoms with Crippen molar-refractivity contribution in [2.75, 3.05) is 6.54 Å². The van der Waals surface area contributed by atoms with Crippen LogP contribution in [0.4, 0.5) is 0 Å². The molecule has 1 aromatic rings. The van der Waals surface area contributed by atoms with Crippen molar-refractivity contribution in [3.8, 4) is 0 Å². The minimum atomic E-state index is 0.489. The summed E-state index contributed by atoms with van der Waals surface area (Å²) < 4.78 is 2.31. The first-order valence-electron chi connectivity index (χ1n) is 6.93. The highest BCUT2D eigenvalue weighted by molar-refractivity contribution is 5.16. The largest absolute Gasteiger partial charge is 0.354 e. The second-order valence-corrected chi connectivity index (χ2v) is 5.71. The fraction of sp³-hybridized carbons (Fsp3) is 0.733. The maximum atomic E-state index is 3.64. The van der Waals surface area contributed by atoms with Gasteiger partial charge in [-0.15, -0.1) is 0 Å². The Labute approximate surface area is 106 Å². The van der Waals surface area contributed by atoms with Gasteiger partial charge in [0, 0.05) is 25.0 Å². The molecule has 0 saturated carbocycles. The molecule has 0 aliphatic rings. The van der Waals surface area contributed by atoms with Crippen LogP contribution in [-0.2, 0) is 6.54 Å². The molecular formula is C15H28N2. The van der Waals surface area contributed by atoms with Crippen LogP contribution in [0.2, 0.25) is 0 Å². The Hall–Kier alpha value is -0.760. The highest BCUT2D eigenvalue weighted by Gasteiger charge is 2.15. The zero-order valence-electron chi connectivity index (χ0n) is 12.0. The van der Waals surface area contributed by atoms with Crippen LogP contribution < -0.4 is 5.32 Å². The van der Waals surface area contributed by atoms with Crippen molar-refractivity contribution in [3.63, 3.8) is 0 Å². The number of nitrogens with one attached hydrogen (secondary N) is 1. The summed E-state index contributed by atoms with van der Waals surface area (Å²) in [4.78, 5) is 0. The third-order valence-electron chi connectivity index (χ3n) is 2.99. The molecule has 1 rings (SSSR count). The first-order valence-corrected chi connectivity index (χ1v) is 6.93. The molecular weight excluding hydrogens is 208 g/mol. The molecule has 0 aliphatic heterocycles. The fourth-order valence-corrected chi connectivity index (χ4v) is 2.22. The first kappa shape index (κ1) is 14.3. The molecule has 1 atom stereocenters. The predicted molar refractivity (Wildman–Crippen MR) is 75.1 cm³/mol. The van der Waals surface area contributed by atoms with Gasteiger partial charge < -0.3 is 9.88 Å². The summed E-state index contributed by atoms with van der Waals surface area (Å²) in [6.07, 6.45) is 5.70. The van der Waals surface area contributed by atoms with Crippen LogP contribution in [0.25, 0.3) is 0 Å². The van der Waals surface area contributed by atoms with Crippen molar-refractivity contribution in [1.29, 1.82) is 0 Å². The minimum Gasteiger partial charge on any atom is -0.354 e. The van der Waals surface area contributed by atoms with E-state index in [0.29, 0.717) is 17.9 Å². The zero-order chi connectivity index (χ0) is 12.8. The van der Waals surface area contributed by atoms with E-state index in [2.05, 4.69) is 63.0 Å². The molecule has 0 fully saturated rings. The molecule has 0 aromatic carbocycles. The standard InChI is InChI=1S/C15H28N2/c1-6-8-16-15(13(4)5)14-7-9-17(11-14)10-12(2)3/h7,9,11-13,15-16H,6,8,10H2,1-5H3. The summed E-state index contributed by atoms with van der Waals surface area (Å²) in [5, 5.41) is 3.64. The lowest BCUT2D eigenvalue weighted by Crippen LogP contribution is -2.26. The van der Waals surface area contributed by atoms with Crippen LogP contribution in [0.15, 0.2) is 18.5 Å². The lowest BCUT2D eigenvalue weighted by atomic mass is 9.98. The van der Waals surface area contributed by atoms with Crippen LogP contribution in [-0.4, -0.2) is 11.1 Å². The molecule has 0 spiro atoms. The van der Waals surface area contributed by atoms with Gasteiger partial charge in [-0.3, -0.25) is 0 Å². The van der Waals surface area contributed by atoms with Gasteiger partial charge in [-0.05, 0) is 36.4 Å². The maximum Gasteiger partial charge on any atom is 0.0358 e. The molecule has 98 valence electrons. The van der Waals surface area contributed by atoms with Gasteiger partial charge in [0.2, 0.25) is 0 Å². The molecule has 0 bridgehead atoms. The second kappa shape index (κ2) is 6.85. The molecule has 0 aliphatic carbocycles. The van der Waals surface area contributed by atoms with Gasteiger partial charge in [0.25, 0.3) is 0 Å². The summed E-state index contributed by atoms with van der Waals surface area (Å²) in [6, 6.07) is 2.75. The van der Waals surface area contributed by atoms with Crippen LogP contribution in [0.1, 0.15) is 52.6 Å². The predicted octanol–water partition coefficient (Wildman–Crippen LogP) is 3.84. The molecule has 1 heterocycles. The second-order valence-electron chi connectivity index (χ2n) is 5.71. The van der Waals surface area contributed by atoms with Crippen molar-refractivity contribution < 1.29 is 0 Å². The fourth-order valence-electron chi connectivity index (χ4n) is 2.22. The van der Waals surface area contributed by atoms with Crippen molar-refractivity contribution in [2.24, 2.45) is 11.8 Å². The maximum absolute atomic E-state index is 3.64. The Morgan fingerprint density at radius 2 is 1.94 bits per heavy atom. The topological polar surface area (TPSA) is 17.0 Å². The smallest absolute Gasteiger partial charge is 0.0358 e. The van der Waals surface area contributed by atoms with Gasteiger partial charge in [-0.25, -0.2) is 0 Å². The Balaban J connectivity index is 2.69. The van der Waals surface area contributed by atoms with Crippen molar-refractivity contribution >= 4 is 0 Å². The van der Waals surface area contributed by atoms with Crippen molar-refractivity contribution in [3.05, 3.63) is 24.0 Å². The Morgan fingerprint density at radius 3 is 2.47 bits per heavy atom. The summed E-state index contributed by atoms with van der Waals surface area (Å²) >= 11 is 0. The summed E-state index contributed by atoms with van der Waals surface area (Å²) in [6.45, 7) is 13.5. The van der Waals surface area contributed by atoms with Gasteiger partial charge in [0.05, 0.1) is 0 Å². The molecule has 1 unspecified atom stereocenters. The van der Waals surface area contributed by atoms with Gasteiger partial charge in [0.1, 0.15) is 0 Å². The lowest BCUT2D eigenvalue weighted by Gasteiger charge is -2.21. The van der Waals surface area contributed by atoms with Crippen LogP contribution >= 0.6 is 0 Å². The summed E-state index contributed by atoms with van der Waals surface area (Å²) in [5.74, 6) is 1.34. The van der Waals surface area contributed by atoms with Crippen LogP contribution in [0.5, 0.6) is 0 Å². The number of nitrogens with zero attached hydrogens (tertiary/aromatic N) is 1. The van der Waals surface area contributed by atoms with E-state index >= 15 is 0 Å². The quantitative estimate of drug-likeness (QED) is 0.761. The number of hydrogen-bond donors (Lipinski definition) is 1. The van der Waals surface area contributed by atoms with E-state index in [0.717, 1.165) is 13.1 Å². The van der Waals surface area contributed by atoms with Gasteiger partial charge in [-0.1, -0.05) is 34.6 Å². The van der Waals surface area contributed by atoms with Gasteiger partial charge in [0.15, 0.2) is 0 Å². The molecule has 1 N–H and O–H groups in total. The third-order valence-corrected chi connectivity index (χ3v) is 2.99. The number of rotatable bonds is 7. The van der Waals surface area contributed by atoms with E-state index in [-0.39, 0.29) is 0 Å². The monoisotopic (exact) mass is 236 g/mol. The Bertz CT molecular complexity index is 312. The van der Waals surface area contributed by atoms with E-state index < -0.39 is 0 Å². The van der Waals surface area contributed by atoms with Gasteiger partial charge >= 0.3 is 0 Å². The average molecular weight is 236 g/mol. The lowest BCUT2D eigenvalue weighted by molar-refractivity contribution is 0.411. The van der Waals surface area contributed by atoms with Crippen LogP contribution in [0, 0.1) is 11.8 Å². The molecule has 0 radical (unpaired) electrons. The summed E-state index contributed by atoms with van der Waals surface area (Å²) in [5.41, 5.74) is 1.43. The molecule has 2 nitrogen and oxygen atoms in total. The molecule has 0 amide bonds. The Kier molecular flexibility index (Phi) is 5.76. The van der Waals surface area contributed by atoms with Crippen molar-refractivity contribution in [1.82, 2.24) is 9.88 Å². The molecule has 17 heavy (non-hydrogen) atoms. The van der Waals surface area contributed by atoms with Crippen LogP contribution in [0.3, 0.4) is 0 Å². The first-order chi connectivity index (χ1) is 8.04. The molecule has 0 saturated heterocycles.